The van der Waals surface area contributed by atoms with E-state index in [2.05, 4.69) is 26.1 Å². The average Bonchev–Trinajstić information content (AvgIpc) is 2.48. The van der Waals surface area contributed by atoms with Crippen molar-refractivity contribution < 1.29 is 4.74 Å². The Balaban J connectivity index is 2.11. The molecule has 0 radical (unpaired) electrons. The van der Waals surface area contributed by atoms with Gasteiger partial charge >= 0.3 is 0 Å². The molecular formula is C10H21NO. The van der Waals surface area contributed by atoms with Gasteiger partial charge in [-0.2, -0.15) is 0 Å². The van der Waals surface area contributed by atoms with E-state index >= 15 is 0 Å². The van der Waals surface area contributed by atoms with Crippen molar-refractivity contribution in [3.05, 3.63) is 0 Å². The van der Waals surface area contributed by atoms with Crippen molar-refractivity contribution >= 4 is 0 Å². The number of rotatable bonds is 4. The first kappa shape index (κ1) is 10.0. The highest BCUT2D eigenvalue weighted by Crippen LogP contribution is 2.13. The van der Waals surface area contributed by atoms with Crippen molar-refractivity contribution in [3.8, 4) is 0 Å². The lowest BCUT2D eigenvalue weighted by Gasteiger charge is -2.12. The minimum Gasteiger partial charge on any atom is -0.362 e. The van der Waals surface area contributed by atoms with Gasteiger partial charge in [-0.15, -0.1) is 0 Å². The summed E-state index contributed by atoms with van der Waals surface area (Å²) in [6.45, 7) is 7.61. The molecule has 0 amide bonds. The average molecular weight is 171 g/mol. The molecule has 72 valence electrons. The molecule has 2 heteroatoms. The summed E-state index contributed by atoms with van der Waals surface area (Å²) in [5.41, 5.74) is 0. The lowest BCUT2D eigenvalue weighted by Crippen LogP contribution is -2.29. The molecule has 1 fully saturated rings. The zero-order valence-electron chi connectivity index (χ0n) is 8.47. The summed E-state index contributed by atoms with van der Waals surface area (Å²) in [7, 11) is 0. The minimum absolute atomic E-state index is 0.331. The summed E-state index contributed by atoms with van der Waals surface area (Å²) in [6.07, 6.45) is 3.93. The molecule has 0 aliphatic carbocycles. The second-order valence-corrected chi connectivity index (χ2v) is 4.07. The van der Waals surface area contributed by atoms with Gasteiger partial charge in [0.1, 0.15) is 6.23 Å². The third kappa shape index (κ3) is 3.11. The second kappa shape index (κ2) is 4.83. The van der Waals surface area contributed by atoms with Crippen LogP contribution in [-0.4, -0.2) is 18.9 Å². The Morgan fingerprint density at radius 3 is 2.75 bits per heavy atom. The van der Waals surface area contributed by atoms with Crippen LogP contribution >= 0.6 is 0 Å². The van der Waals surface area contributed by atoms with E-state index in [1.54, 1.807) is 0 Å². The largest absolute Gasteiger partial charge is 0.362 e. The van der Waals surface area contributed by atoms with E-state index < -0.39 is 0 Å². The number of hydrogen-bond acceptors (Lipinski definition) is 2. The molecule has 0 saturated carbocycles. The molecule has 1 aliphatic rings. The molecule has 2 unspecified atom stereocenters. The van der Waals surface area contributed by atoms with Crippen LogP contribution in [0.15, 0.2) is 0 Å². The van der Waals surface area contributed by atoms with Gasteiger partial charge in [0.05, 0.1) is 6.61 Å². The fourth-order valence-corrected chi connectivity index (χ4v) is 1.48. The van der Waals surface area contributed by atoms with Crippen LogP contribution in [-0.2, 0) is 4.74 Å². The molecule has 1 rings (SSSR count). The van der Waals surface area contributed by atoms with Crippen LogP contribution in [0.4, 0.5) is 0 Å². The van der Waals surface area contributed by atoms with Gasteiger partial charge in [0.15, 0.2) is 0 Å². The van der Waals surface area contributed by atoms with Gasteiger partial charge in [0.25, 0.3) is 0 Å². The number of ether oxygens (including phenoxy) is 1. The lowest BCUT2D eigenvalue weighted by atomic mass is 10.1. The van der Waals surface area contributed by atoms with Crippen LogP contribution in [0.2, 0.25) is 0 Å². The smallest absolute Gasteiger partial charge is 0.108 e. The van der Waals surface area contributed by atoms with E-state index in [4.69, 9.17) is 4.74 Å². The monoisotopic (exact) mass is 171 g/mol. The molecule has 1 aliphatic heterocycles. The van der Waals surface area contributed by atoms with Gasteiger partial charge in [-0.3, -0.25) is 5.32 Å². The highest BCUT2D eigenvalue weighted by atomic mass is 16.5. The Labute approximate surface area is 75.7 Å². The van der Waals surface area contributed by atoms with Crippen molar-refractivity contribution in [1.82, 2.24) is 5.32 Å². The molecule has 2 nitrogen and oxygen atoms in total. The van der Waals surface area contributed by atoms with Crippen LogP contribution < -0.4 is 5.32 Å². The molecule has 12 heavy (non-hydrogen) atoms. The topological polar surface area (TPSA) is 21.3 Å². The SMILES string of the molecule is CCC1COC(CCC(C)C)N1. The first-order valence-electron chi connectivity index (χ1n) is 5.10. The fourth-order valence-electron chi connectivity index (χ4n) is 1.48. The summed E-state index contributed by atoms with van der Waals surface area (Å²) in [6, 6.07) is 0.599. The molecule has 0 aromatic carbocycles. The molecule has 2 atom stereocenters. The van der Waals surface area contributed by atoms with Crippen LogP contribution in [0, 0.1) is 5.92 Å². The van der Waals surface area contributed by atoms with E-state index in [1.807, 2.05) is 0 Å². The van der Waals surface area contributed by atoms with E-state index in [-0.39, 0.29) is 0 Å². The second-order valence-electron chi connectivity index (χ2n) is 4.07. The molecule has 1 heterocycles. The highest BCUT2D eigenvalue weighted by Gasteiger charge is 2.22. The quantitative estimate of drug-likeness (QED) is 0.699. The van der Waals surface area contributed by atoms with Gasteiger partial charge in [-0.1, -0.05) is 20.8 Å². The number of hydrogen-bond donors (Lipinski definition) is 1. The van der Waals surface area contributed by atoms with E-state index in [0.717, 1.165) is 18.9 Å². The van der Waals surface area contributed by atoms with E-state index in [9.17, 15) is 0 Å². The Bertz CT molecular complexity index is 125. The minimum atomic E-state index is 0.331. The van der Waals surface area contributed by atoms with Crippen molar-refractivity contribution in [1.29, 1.82) is 0 Å². The number of nitrogens with one attached hydrogen (secondary N) is 1. The summed E-state index contributed by atoms with van der Waals surface area (Å²) in [5.74, 6) is 0.788. The lowest BCUT2D eigenvalue weighted by molar-refractivity contribution is 0.0885. The highest BCUT2D eigenvalue weighted by molar-refractivity contribution is 4.74. The Kier molecular flexibility index (Phi) is 4.02. The van der Waals surface area contributed by atoms with Crippen molar-refractivity contribution in [2.24, 2.45) is 5.92 Å². The van der Waals surface area contributed by atoms with Gasteiger partial charge in [-0.05, 0) is 25.2 Å². The maximum atomic E-state index is 5.60. The van der Waals surface area contributed by atoms with Crippen LogP contribution in [0.5, 0.6) is 0 Å². The zero-order chi connectivity index (χ0) is 8.97. The molecule has 0 bridgehead atoms. The first-order chi connectivity index (χ1) is 5.72. The van der Waals surface area contributed by atoms with Crippen molar-refractivity contribution in [2.75, 3.05) is 6.61 Å². The predicted octanol–water partition coefficient (Wildman–Crippen LogP) is 2.15. The summed E-state index contributed by atoms with van der Waals surface area (Å²) < 4.78 is 5.60. The maximum Gasteiger partial charge on any atom is 0.108 e. The molecule has 1 N–H and O–H groups in total. The van der Waals surface area contributed by atoms with Crippen LogP contribution in [0.3, 0.4) is 0 Å². The molecule has 0 spiro atoms. The normalized spacial score (nSPS) is 30.0. The standard InChI is InChI=1S/C10H21NO/c1-4-9-7-12-10(11-9)6-5-8(2)3/h8-11H,4-7H2,1-3H3. The third-order valence-corrected chi connectivity index (χ3v) is 2.42. The fraction of sp³-hybridized carbons (Fsp3) is 1.00. The van der Waals surface area contributed by atoms with E-state index in [0.29, 0.717) is 12.3 Å². The van der Waals surface area contributed by atoms with E-state index in [1.165, 1.54) is 12.8 Å². The predicted molar refractivity (Wildman–Crippen MR) is 51.0 cm³/mol. The van der Waals surface area contributed by atoms with Gasteiger partial charge in [0, 0.05) is 6.04 Å². The summed E-state index contributed by atoms with van der Waals surface area (Å²) in [5, 5.41) is 3.47. The molecular weight excluding hydrogens is 150 g/mol. The van der Waals surface area contributed by atoms with Crippen LogP contribution in [0.1, 0.15) is 40.0 Å². The zero-order valence-corrected chi connectivity index (χ0v) is 8.47. The maximum absolute atomic E-state index is 5.60. The van der Waals surface area contributed by atoms with Gasteiger partial charge in [-0.25, -0.2) is 0 Å². The third-order valence-electron chi connectivity index (χ3n) is 2.42. The van der Waals surface area contributed by atoms with Crippen LogP contribution in [0.25, 0.3) is 0 Å². The van der Waals surface area contributed by atoms with Crippen molar-refractivity contribution in [3.63, 3.8) is 0 Å². The van der Waals surface area contributed by atoms with Gasteiger partial charge in [0.2, 0.25) is 0 Å². The Hall–Kier alpha value is -0.0800. The Morgan fingerprint density at radius 2 is 2.25 bits per heavy atom. The summed E-state index contributed by atoms with van der Waals surface area (Å²) >= 11 is 0. The Morgan fingerprint density at radius 1 is 1.50 bits per heavy atom. The summed E-state index contributed by atoms with van der Waals surface area (Å²) in [4.78, 5) is 0. The molecule has 0 aromatic heterocycles. The molecule has 1 saturated heterocycles. The first-order valence-corrected chi connectivity index (χ1v) is 5.10. The molecule has 0 aromatic rings. The van der Waals surface area contributed by atoms with Gasteiger partial charge < -0.3 is 4.74 Å². The van der Waals surface area contributed by atoms with Crippen molar-refractivity contribution in [2.45, 2.75) is 52.3 Å².